The molecule has 0 saturated heterocycles. The first-order valence-electron chi connectivity index (χ1n) is 6.60. The van der Waals surface area contributed by atoms with Crippen LogP contribution < -0.4 is 5.32 Å². The predicted octanol–water partition coefficient (Wildman–Crippen LogP) is 2.53. The van der Waals surface area contributed by atoms with Gasteiger partial charge in [0.2, 0.25) is 5.91 Å². The highest BCUT2D eigenvalue weighted by molar-refractivity contribution is 7.99. The average Bonchev–Trinajstić information content (AvgIpc) is 2.42. The quantitative estimate of drug-likeness (QED) is 0.811. The van der Waals surface area contributed by atoms with Crippen molar-refractivity contribution < 1.29 is 14.7 Å². The largest absolute Gasteiger partial charge is 0.480 e. The topological polar surface area (TPSA) is 66.4 Å². The second-order valence-electron chi connectivity index (χ2n) is 5.01. The van der Waals surface area contributed by atoms with E-state index in [4.69, 9.17) is 5.11 Å². The molecule has 1 aromatic carbocycles. The molecule has 0 heterocycles. The van der Waals surface area contributed by atoms with Crippen LogP contribution in [0, 0.1) is 5.92 Å². The number of hydrogen-bond acceptors (Lipinski definition) is 3. The van der Waals surface area contributed by atoms with Gasteiger partial charge in [-0.2, -0.15) is 0 Å². The standard InChI is InChI=1S/C15H21NO3S/c1-10(2)13(15(18)19)16-14(17)11(3)20-9-12-7-5-4-6-8-12/h4-8,10-11,13H,9H2,1-3H3,(H,16,17)(H,18,19). The third-order valence-corrected chi connectivity index (χ3v) is 4.16. The van der Waals surface area contributed by atoms with E-state index in [1.54, 1.807) is 20.8 Å². The van der Waals surface area contributed by atoms with E-state index in [1.807, 2.05) is 30.3 Å². The van der Waals surface area contributed by atoms with E-state index in [9.17, 15) is 9.59 Å². The summed E-state index contributed by atoms with van der Waals surface area (Å²) in [5.74, 6) is -0.627. The van der Waals surface area contributed by atoms with Gasteiger partial charge in [0.05, 0.1) is 5.25 Å². The first-order chi connectivity index (χ1) is 9.41. The molecule has 0 fully saturated rings. The fraction of sp³-hybridized carbons (Fsp3) is 0.467. The van der Waals surface area contributed by atoms with Gasteiger partial charge in [0.15, 0.2) is 0 Å². The molecular weight excluding hydrogens is 274 g/mol. The number of benzene rings is 1. The monoisotopic (exact) mass is 295 g/mol. The molecule has 1 amide bonds. The van der Waals surface area contributed by atoms with Gasteiger partial charge >= 0.3 is 5.97 Å². The summed E-state index contributed by atoms with van der Waals surface area (Å²) in [5.41, 5.74) is 1.15. The number of hydrogen-bond donors (Lipinski definition) is 2. The highest BCUT2D eigenvalue weighted by Gasteiger charge is 2.25. The van der Waals surface area contributed by atoms with Crippen molar-refractivity contribution in [2.24, 2.45) is 5.92 Å². The lowest BCUT2D eigenvalue weighted by Gasteiger charge is -2.20. The SMILES string of the molecule is CC(SCc1ccccc1)C(=O)NC(C(=O)O)C(C)C. The molecule has 0 aromatic heterocycles. The van der Waals surface area contributed by atoms with Gasteiger partial charge in [0.1, 0.15) is 6.04 Å². The summed E-state index contributed by atoms with van der Waals surface area (Å²) in [5, 5.41) is 11.4. The predicted molar refractivity (Wildman–Crippen MR) is 81.6 cm³/mol. The molecule has 0 aliphatic heterocycles. The van der Waals surface area contributed by atoms with Gasteiger partial charge in [-0.15, -0.1) is 11.8 Å². The van der Waals surface area contributed by atoms with E-state index in [2.05, 4.69) is 5.32 Å². The van der Waals surface area contributed by atoms with Crippen LogP contribution in [-0.4, -0.2) is 28.3 Å². The van der Waals surface area contributed by atoms with Gasteiger partial charge in [0.25, 0.3) is 0 Å². The molecule has 0 bridgehead atoms. The summed E-state index contributed by atoms with van der Waals surface area (Å²) in [6.45, 7) is 5.35. The summed E-state index contributed by atoms with van der Waals surface area (Å²) in [7, 11) is 0. The smallest absolute Gasteiger partial charge is 0.326 e. The summed E-state index contributed by atoms with van der Waals surface area (Å²) in [6, 6.07) is 9.05. The van der Waals surface area contributed by atoms with E-state index in [0.717, 1.165) is 11.3 Å². The van der Waals surface area contributed by atoms with Gasteiger partial charge in [-0.05, 0) is 18.4 Å². The van der Waals surface area contributed by atoms with Crippen molar-refractivity contribution in [3.63, 3.8) is 0 Å². The molecule has 1 aromatic rings. The molecule has 0 saturated carbocycles. The Kier molecular flexibility index (Phi) is 6.58. The Hall–Kier alpha value is -1.49. The van der Waals surface area contributed by atoms with E-state index in [-0.39, 0.29) is 17.1 Å². The van der Waals surface area contributed by atoms with Crippen molar-refractivity contribution in [3.05, 3.63) is 35.9 Å². The normalized spacial score (nSPS) is 13.8. The Balaban J connectivity index is 2.48. The summed E-state index contributed by atoms with van der Waals surface area (Å²) >= 11 is 1.50. The number of aliphatic carboxylic acids is 1. The Morgan fingerprint density at radius 2 is 1.80 bits per heavy atom. The van der Waals surface area contributed by atoms with Gasteiger partial charge in [-0.1, -0.05) is 44.2 Å². The maximum Gasteiger partial charge on any atom is 0.326 e. The van der Waals surface area contributed by atoms with Crippen LogP contribution in [0.4, 0.5) is 0 Å². The Bertz CT molecular complexity index is 448. The fourth-order valence-electron chi connectivity index (χ4n) is 1.66. The van der Waals surface area contributed by atoms with Crippen molar-refractivity contribution in [1.29, 1.82) is 0 Å². The number of amides is 1. The lowest BCUT2D eigenvalue weighted by molar-refractivity contribution is -0.143. The number of carboxylic acid groups (broad SMARTS) is 1. The van der Waals surface area contributed by atoms with Crippen LogP contribution in [0.1, 0.15) is 26.3 Å². The van der Waals surface area contributed by atoms with Gasteiger partial charge in [-0.3, -0.25) is 4.79 Å². The molecule has 2 N–H and O–H groups in total. The Morgan fingerprint density at radius 1 is 1.20 bits per heavy atom. The number of carbonyl (C=O) groups excluding carboxylic acids is 1. The van der Waals surface area contributed by atoms with Crippen molar-refractivity contribution >= 4 is 23.6 Å². The highest BCUT2D eigenvalue weighted by Crippen LogP contribution is 2.18. The minimum Gasteiger partial charge on any atom is -0.480 e. The molecule has 4 nitrogen and oxygen atoms in total. The summed E-state index contributed by atoms with van der Waals surface area (Å²) in [6.07, 6.45) is 0. The maximum absolute atomic E-state index is 12.0. The molecule has 110 valence electrons. The third kappa shape index (κ3) is 5.25. The lowest BCUT2D eigenvalue weighted by atomic mass is 10.0. The fourth-order valence-corrected chi connectivity index (χ4v) is 2.51. The van der Waals surface area contributed by atoms with E-state index >= 15 is 0 Å². The van der Waals surface area contributed by atoms with Crippen LogP contribution in [0.3, 0.4) is 0 Å². The minimum atomic E-state index is -0.992. The number of carboxylic acids is 1. The second kappa shape index (κ2) is 7.94. The molecule has 1 rings (SSSR count). The van der Waals surface area contributed by atoms with Crippen LogP contribution in [0.15, 0.2) is 30.3 Å². The molecule has 0 aliphatic carbocycles. The first-order valence-corrected chi connectivity index (χ1v) is 7.65. The van der Waals surface area contributed by atoms with Crippen LogP contribution in [-0.2, 0) is 15.3 Å². The second-order valence-corrected chi connectivity index (χ2v) is 6.34. The van der Waals surface area contributed by atoms with Crippen molar-refractivity contribution in [2.45, 2.75) is 37.8 Å². The molecule has 0 radical (unpaired) electrons. The number of nitrogens with one attached hydrogen (secondary N) is 1. The lowest BCUT2D eigenvalue weighted by Crippen LogP contribution is -2.47. The van der Waals surface area contributed by atoms with Crippen LogP contribution in [0.2, 0.25) is 0 Å². The van der Waals surface area contributed by atoms with E-state index in [0.29, 0.717) is 0 Å². The van der Waals surface area contributed by atoms with E-state index < -0.39 is 12.0 Å². The van der Waals surface area contributed by atoms with Crippen LogP contribution in [0.5, 0.6) is 0 Å². The van der Waals surface area contributed by atoms with Gasteiger partial charge in [0, 0.05) is 5.75 Å². The molecule has 5 heteroatoms. The maximum atomic E-state index is 12.0. The number of rotatable bonds is 7. The van der Waals surface area contributed by atoms with Crippen molar-refractivity contribution in [3.8, 4) is 0 Å². The zero-order chi connectivity index (χ0) is 15.1. The van der Waals surface area contributed by atoms with Crippen LogP contribution in [0.25, 0.3) is 0 Å². The number of thioether (sulfide) groups is 1. The zero-order valence-corrected chi connectivity index (χ0v) is 12.8. The molecule has 2 unspecified atom stereocenters. The minimum absolute atomic E-state index is 0.136. The molecular formula is C15H21NO3S. The van der Waals surface area contributed by atoms with Gasteiger partial charge in [-0.25, -0.2) is 4.79 Å². The van der Waals surface area contributed by atoms with Crippen LogP contribution >= 0.6 is 11.8 Å². The zero-order valence-electron chi connectivity index (χ0n) is 12.0. The van der Waals surface area contributed by atoms with Crippen molar-refractivity contribution in [1.82, 2.24) is 5.32 Å². The van der Waals surface area contributed by atoms with E-state index in [1.165, 1.54) is 11.8 Å². The highest BCUT2D eigenvalue weighted by atomic mass is 32.2. The molecule has 20 heavy (non-hydrogen) atoms. The Morgan fingerprint density at radius 3 is 2.30 bits per heavy atom. The van der Waals surface area contributed by atoms with Crippen molar-refractivity contribution in [2.75, 3.05) is 0 Å². The molecule has 2 atom stereocenters. The molecule has 0 aliphatic rings. The first kappa shape index (κ1) is 16.6. The Labute approximate surface area is 124 Å². The number of carbonyl (C=O) groups is 2. The summed E-state index contributed by atoms with van der Waals surface area (Å²) in [4.78, 5) is 23.0. The molecule has 0 spiro atoms. The van der Waals surface area contributed by atoms with Gasteiger partial charge < -0.3 is 10.4 Å². The third-order valence-electron chi connectivity index (χ3n) is 2.94. The summed E-state index contributed by atoms with van der Waals surface area (Å²) < 4.78 is 0. The average molecular weight is 295 g/mol.